The molecule has 3 N–H and O–H groups in total. The second-order valence-corrected chi connectivity index (χ2v) is 4.63. The van der Waals surface area contributed by atoms with Gasteiger partial charge >= 0.3 is 0 Å². The lowest BCUT2D eigenvalue weighted by Gasteiger charge is -2.22. The van der Waals surface area contributed by atoms with Gasteiger partial charge in [-0.1, -0.05) is 11.8 Å². The third-order valence-electron chi connectivity index (χ3n) is 3.16. The van der Waals surface area contributed by atoms with E-state index in [1.807, 2.05) is 0 Å². The summed E-state index contributed by atoms with van der Waals surface area (Å²) < 4.78 is 5.59. The van der Waals surface area contributed by atoms with E-state index in [0.717, 1.165) is 25.9 Å². The molecule has 0 aliphatic carbocycles. The molecule has 0 saturated carbocycles. The zero-order valence-electron chi connectivity index (χ0n) is 11.4. The molecule has 1 unspecified atom stereocenters. The molecule has 0 aromatic carbocycles. The Morgan fingerprint density at radius 2 is 2.45 bits per heavy atom. The Kier molecular flexibility index (Phi) is 5.54. The average Bonchev–Trinajstić information content (AvgIpc) is 2.52. The van der Waals surface area contributed by atoms with E-state index in [1.165, 1.54) is 0 Å². The average molecular weight is 273 g/mol. The predicted molar refractivity (Wildman–Crippen MR) is 76.1 cm³/mol. The Morgan fingerprint density at radius 3 is 3.20 bits per heavy atom. The van der Waals surface area contributed by atoms with E-state index in [-0.39, 0.29) is 18.6 Å². The Labute approximate surface area is 118 Å². The van der Waals surface area contributed by atoms with Crippen molar-refractivity contribution in [2.45, 2.75) is 25.4 Å². The van der Waals surface area contributed by atoms with Crippen LogP contribution in [0.2, 0.25) is 0 Å². The van der Waals surface area contributed by atoms with Gasteiger partial charge in [0, 0.05) is 25.5 Å². The lowest BCUT2D eigenvalue weighted by atomic mass is 10.1. The number of nitrogens with one attached hydrogen (secondary N) is 1. The number of rotatable bonds is 3. The largest absolute Gasteiger partial charge is 0.376 e. The highest BCUT2D eigenvalue weighted by atomic mass is 16.5. The van der Waals surface area contributed by atoms with Crippen LogP contribution in [0, 0.1) is 11.8 Å². The first kappa shape index (κ1) is 14.5. The van der Waals surface area contributed by atoms with E-state index in [1.54, 1.807) is 18.5 Å². The highest BCUT2D eigenvalue weighted by Crippen LogP contribution is 2.12. The fourth-order valence-corrected chi connectivity index (χ4v) is 2.11. The summed E-state index contributed by atoms with van der Waals surface area (Å²) in [6.45, 7) is 1.57. The molecule has 2 heterocycles. The minimum Gasteiger partial charge on any atom is -0.376 e. The maximum atomic E-state index is 12.2. The van der Waals surface area contributed by atoms with Gasteiger partial charge < -0.3 is 15.8 Å². The summed E-state index contributed by atoms with van der Waals surface area (Å²) in [6, 6.07) is 1.66. The zero-order chi connectivity index (χ0) is 14.2. The molecule has 1 aromatic rings. The van der Waals surface area contributed by atoms with E-state index in [2.05, 4.69) is 22.1 Å². The van der Waals surface area contributed by atoms with Gasteiger partial charge in [-0.3, -0.25) is 9.78 Å². The molecular weight excluding hydrogens is 254 g/mol. The van der Waals surface area contributed by atoms with Gasteiger partial charge in [-0.25, -0.2) is 0 Å². The molecule has 20 heavy (non-hydrogen) atoms. The van der Waals surface area contributed by atoms with Crippen molar-refractivity contribution in [2.75, 3.05) is 19.7 Å². The summed E-state index contributed by atoms with van der Waals surface area (Å²) in [5, 5.41) is 2.89. The monoisotopic (exact) mass is 273 g/mol. The highest BCUT2D eigenvalue weighted by Gasteiger charge is 2.16. The van der Waals surface area contributed by atoms with Crippen LogP contribution in [0.1, 0.15) is 35.2 Å². The summed E-state index contributed by atoms with van der Waals surface area (Å²) >= 11 is 0. The highest BCUT2D eigenvalue weighted by molar-refractivity contribution is 5.96. The maximum absolute atomic E-state index is 12.2. The quantitative estimate of drug-likeness (QED) is 0.794. The number of carbonyl (C=O) groups is 1. The summed E-state index contributed by atoms with van der Waals surface area (Å²) in [5.74, 6) is 5.45. The molecule has 0 bridgehead atoms. The van der Waals surface area contributed by atoms with Crippen molar-refractivity contribution in [3.63, 3.8) is 0 Å². The molecule has 0 radical (unpaired) electrons. The minimum atomic E-state index is -0.150. The molecule has 1 amide bonds. The van der Waals surface area contributed by atoms with Gasteiger partial charge in [0.05, 0.1) is 23.8 Å². The van der Waals surface area contributed by atoms with Crippen LogP contribution in [0.5, 0.6) is 0 Å². The van der Waals surface area contributed by atoms with Crippen LogP contribution in [0.25, 0.3) is 0 Å². The van der Waals surface area contributed by atoms with Crippen LogP contribution < -0.4 is 11.1 Å². The standard InChI is InChI=1S/C15H19N3O2/c16-7-3-4-12-10-17-8-6-14(12)15(19)18-11-13-5-1-2-9-20-13/h6,8,10,13H,1-2,5,7,9,11,16H2,(H,18,19). The molecule has 1 atom stereocenters. The fourth-order valence-electron chi connectivity index (χ4n) is 2.11. The number of hydrogen-bond donors (Lipinski definition) is 2. The van der Waals surface area contributed by atoms with Gasteiger partial charge in [0.15, 0.2) is 0 Å². The fraction of sp³-hybridized carbons (Fsp3) is 0.467. The smallest absolute Gasteiger partial charge is 0.252 e. The number of ether oxygens (including phenoxy) is 1. The van der Waals surface area contributed by atoms with E-state index in [4.69, 9.17) is 10.5 Å². The van der Waals surface area contributed by atoms with Crippen LogP contribution >= 0.6 is 0 Å². The predicted octanol–water partition coefficient (Wildman–Crippen LogP) is 0.691. The van der Waals surface area contributed by atoms with Gasteiger partial charge in [-0.15, -0.1) is 0 Å². The molecule has 1 saturated heterocycles. The van der Waals surface area contributed by atoms with Crippen LogP contribution in [0.4, 0.5) is 0 Å². The Hall–Kier alpha value is -1.90. The molecule has 1 aliphatic rings. The van der Waals surface area contributed by atoms with Crippen molar-refractivity contribution in [2.24, 2.45) is 5.73 Å². The number of nitrogens with zero attached hydrogens (tertiary/aromatic N) is 1. The van der Waals surface area contributed by atoms with Crippen molar-refractivity contribution < 1.29 is 9.53 Å². The maximum Gasteiger partial charge on any atom is 0.252 e. The summed E-state index contributed by atoms with van der Waals surface area (Å²) in [6.07, 6.45) is 6.54. The second kappa shape index (κ2) is 7.63. The van der Waals surface area contributed by atoms with Gasteiger partial charge in [0.25, 0.3) is 5.91 Å². The molecule has 106 valence electrons. The van der Waals surface area contributed by atoms with Gasteiger partial charge in [0.2, 0.25) is 0 Å². The first-order valence-electron chi connectivity index (χ1n) is 6.84. The van der Waals surface area contributed by atoms with Gasteiger partial charge in [-0.05, 0) is 25.3 Å². The van der Waals surface area contributed by atoms with E-state index in [0.29, 0.717) is 17.7 Å². The molecule has 2 rings (SSSR count). The van der Waals surface area contributed by atoms with Gasteiger partial charge in [0.1, 0.15) is 0 Å². The molecule has 1 aromatic heterocycles. The SMILES string of the molecule is NCC#Cc1cnccc1C(=O)NCC1CCCCO1. The molecule has 1 aliphatic heterocycles. The van der Waals surface area contributed by atoms with E-state index < -0.39 is 0 Å². The molecule has 0 spiro atoms. The van der Waals surface area contributed by atoms with Crippen molar-refractivity contribution in [3.8, 4) is 11.8 Å². The van der Waals surface area contributed by atoms with Crippen LogP contribution in [-0.4, -0.2) is 36.7 Å². The Morgan fingerprint density at radius 1 is 1.55 bits per heavy atom. The third-order valence-corrected chi connectivity index (χ3v) is 3.16. The Bertz CT molecular complexity index is 513. The lowest BCUT2D eigenvalue weighted by Crippen LogP contribution is -2.35. The summed E-state index contributed by atoms with van der Waals surface area (Å²) in [4.78, 5) is 16.2. The molecular formula is C15H19N3O2. The van der Waals surface area contributed by atoms with Crippen molar-refractivity contribution in [1.82, 2.24) is 10.3 Å². The Balaban J connectivity index is 1.97. The zero-order valence-corrected chi connectivity index (χ0v) is 11.4. The normalized spacial score (nSPS) is 17.9. The summed E-state index contributed by atoms with van der Waals surface area (Å²) in [7, 11) is 0. The third kappa shape index (κ3) is 4.05. The second-order valence-electron chi connectivity index (χ2n) is 4.63. The van der Waals surface area contributed by atoms with E-state index >= 15 is 0 Å². The lowest BCUT2D eigenvalue weighted by molar-refractivity contribution is 0.0169. The van der Waals surface area contributed by atoms with Crippen molar-refractivity contribution in [1.29, 1.82) is 0 Å². The topological polar surface area (TPSA) is 77.2 Å². The number of hydrogen-bond acceptors (Lipinski definition) is 4. The van der Waals surface area contributed by atoms with Crippen molar-refractivity contribution >= 4 is 5.91 Å². The number of nitrogens with two attached hydrogens (primary N) is 1. The molecule has 5 nitrogen and oxygen atoms in total. The number of carbonyl (C=O) groups excluding carboxylic acids is 1. The molecule has 5 heteroatoms. The van der Waals surface area contributed by atoms with Gasteiger partial charge in [-0.2, -0.15) is 0 Å². The number of amides is 1. The van der Waals surface area contributed by atoms with Crippen LogP contribution in [-0.2, 0) is 4.74 Å². The minimum absolute atomic E-state index is 0.119. The van der Waals surface area contributed by atoms with Crippen LogP contribution in [0.15, 0.2) is 18.5 Å². The molecule has 1 fully saturated rings. The first-order valence-corrected chi connectivity index (χ1v) is 6.84. The first-order chi connectivity index (χ1) is 9.81. The summed E-state index contributed by atoms with van der Waals surface area (Å²) in [5.41, 5.74) is 6.47. The van der Waals surface area contributed by atoms with Crippen LogP contribution in [0.3, 0.4) is 0 Å². The number of aromatic nitrogens is 1. The van der Waals surface area contributed by atoms with Crippen molar-refractivity contribution in [3.05, 3.63) is 29.6 Å². The number of pyridine rings is 1. The van der Waals surface area contributed by atoms with E-state index in [9.17, 15) is 4.79 Å².